The zero-order valence-electron chi connectivity index (χ0n) is 15.3. The molecule has 27 heavy (non-hydrogen) atoms. The van der Waals surface area contributed by atoms with Crippen LogP contribution in [0.4, 0.5) is 0 Å². The summed E-state index contributed by atoms with van der Waals surface area (Å²) >= 11 is 0. The third kappa shape index (κ3) is 3.54. The van der Waals surface area contributed by atoms with E-state index < -0.39 is 0 Å². The number of rotatable bonds is 6. The molecule has 2 aromatic rings. The number of ether oxygens (including phenoxy) is 1. The molecule has 1 fully saturated rings. The first-order valence-electron chi connectivity index (χ1n) is 9.02. The first kappa shape index (κ1) is 17.6. The van der Waals surface area contributed by atoms with Crippen LogP contribution < -0.4 is 16.3 Å². The highest BCUT2D eigenvalue weighted by molar-refractivity contribution is 5.92. The molecular weight excluding hydrogens is 346 g/mol. The fraction of sp³-hybridized carbons (Fsp3) is 0.368. The third-order valence-corrected chi connectivity index (χ3v) is 5.07. The van der Waals surface area contributed by atoms with Crippen molar-refractivity contribution < 1.29 is 14.1 Å². The molecule has 1 aromatic carbocycles. The van der Waals surface area contributed by atoms with Gasteiger partial charge in [0.1, 0.15) is 5.69 Å². The number of nitrogens with zero attached hydrogens (tertiary/aromatic N) is 2. The van der Waals surface area contributed by atoms with Gasteiger partial charge in [0, 0.05) is 31.0 Å². The van der Waals surface area contributed by atoms with Gasteiger partial charge in [0.15, 0.2) is 0 Å². The van der Waals surface area contributed by atoms with Gasteiger partial charge in [0.25, 0.3) is 5.91 Å². The second-order valence-electron chi connectivity index (χ2n) is 6.81. The zero-order chi connectivity index (χ0) is 18.8. The largest absolute Gasteiger partial charge is 0.375 e. The Morgan fingerprint density at radius 2 is 2.15 bits per heavy atom. The van der Waals surface area contributed by atoms with Crippen LogP contribution in [-0.2, 0) is 4.74 Å². The van der Waals surface area contributed by atoms with Gasteiger partial charge in [-0.3, -0.25) is 9.80 Å². The summed E-state index contributed by atoms with van der Waals surface area (Å²) in [7, 11) is 1.69. The number of amides is 1. The molecule has 1 amide bonds. The summed E-state index contributed by atoms with van der Waals surface area (Å²) in [4.78, 5) is 12.4. The quantitative estimate of drug-likeness (QED) is 0.715. The van der Waals surface area contributed by atoms with E-state index in [1.165, 1.54) is 0 Å². The molecule has 0 bridgehead atoms. The van der Waals surface area contributed by atoms with Crippen molar-refractivity contribution in [2.75, 3.05) is 7.11 Å². The Kier molecular flexibility index (Phi) is 4.83. The molecule has 1 aromatic heterocycles. The van der Waals surface area contributed by atoms with E-state index >= 15 is 0 Å². The van der Waals surface area contributed by atoms with E-state index in [1.807, 2.05) is 43.5 Å². The van der Waals surface area contributed by atoms with Crippen molar-refractivity contribution in [3.8, 4) is 11.3 Å². The molecule has 4 rings (SSSR count). The van der Waals surface area contributed by atoms with Crippen molar-refractivity contribution >= 4 is 5.91 Å². The van der Waals surface area contributed by atoms with Crippen molar-refractivity contribution in [3.05, 3.63) is 54.1 Å². The molecule has 0 radical (unpaired) electrons. The zero-order valence-corrected chi connectivity index (χ0v) is 15.3. The van der Waals surface area contributed by atoms with Gasteiger partial charge in [-0.25, -0.2) is 0 Å². The van der Waals surface area contributed by atoms with Crippen molar-refractivity contribution in [2.24, 2.45) is 0 Å². The van der Waals surface area contributed by atoms with Crippen molar-refractivity contribution in [1.29, 1.82) is 0 Å². The normalized spacial score (nSPS) is 22.6. The molecule has 0 unspecified atom stereocenters. The lowest BCUT2D eigenvalue weighted by molar-refractivity contribution is 0.0428. The van der Waals surface area contributed by atoms with E-state index in [9.17, 15) is 4.79 Å². The fourth-order valence-corrected chi connectivity index (χ4v) is 3.35. The van der Waals surface area contributed by atoms with E-state index in [4.69, 9.17) is 9.26 Å². The summed E-state index contributed by atoms with van der Waals surface area (Å²) < 4.78 is 10.6. The third-order valence-electron chi connectivity index (χ3n) is 5.07. The Morgan fingerprint density at radius 1 is 1.37 bits per heavy atom. The number of hydrazine groups is 2. The number of carbonyl (C=O) groups excluding carboxylic acids is 1. The minimum absolute atomic E-state index is 0.00765. The molecule has 1 aliphatic heterocycles. The van der Waals surface area contributed by atoms with Crippen molar-refractivity contribution in [1.82, 2.24) is 26.4 Å². The SMILES string of the molecule is CO[C@H](C)C1=CNNN1C1CC(NC(=O)c2cc(-c3ccccc3)no2)C1. The van der Waals surface area contributed by atoms with Crippen LogP contribution in [-0.4, -0.2) is 41.4 Å². The summed E-state index contributed by atoms with van der Waals surface area (Å²) in [5.74, 6) is -0.00600. The monoisotopic (exact) mass is 369 g/mol. The maximum absolute atomic E-state index is 12.4. The molecule has 0 saturated heterocycles. The Labute approximate surface area is 157 Å². The first-order valence-corrected chi connectivity index (χ1v) is 9.02. The van der Waals surface area contributed by atoms with Crippen molar-refractivity contribution in [3.63, 3.8) is 0 Å². The molecule has 1 atom stereocenters. The molecule has 1 aliphatic carbocycles. The summed E-state index contributed by atoms with van der Waals surface area (Å²) in [5, 5.41) is 9.07. The molecule has 8 nitrogen and oxygen atoms in total. The van der Waals surface area contributed by atoms with Gasteiger partial charge in [-0.2, -0.15) is 0 Å². The van der Waals surface area contributed by atoms with Crippen LogP contribution >= 0.6 is 0 Å². The van der Waals surface area contributed by atoms with Gasteiger partial charge in [-0.1, -0.05) is 35.5 Å². The molecule has 3 N–H and O–H groups in total. The Balaban J connectivity index is 1.31. The number of hydrogen-bond donors (Lipinski definition) is 3. The van der Waals surface area contributed by atoms with E-state index in [1.54, 1.807) is 13.2 Å². The molecule has 0 spiro atoms. The van der Waals surface area contributed by atoms with Crippen molar-refractivity contribution in [2.45, 2.75) is 38.0 Å². The predicted octanol–water partition coefficient (Wildman–Crippen LogP) is 1.80. The summed E-state index contributed by atoms with van der Waals surface area (Å²) in [5.41, 5.74) is 8.76. The van der Waals surface area contributed by atoms with E-state index in [0.29, 0.717) is 11.7 Å². The number of carbonyl (C=O) groups is 1. The van der Waals surface area contributed by atoms with Crippen LogP contribution in [0, 0.1) is 0 Å². The first-order chi connectivity index (χ1) is 13.2. The van der Waals surface area contributed by atoms with Crippen LogP contribution in [0.5, 0.6) is 0 Å². The molecule has 2 aliphatic rings. The molecule has 2 heterocycles. The summed E-state index contributed by atoms with van der Waals surface area (Å²) in [6.45, 7) is 2.00. The van der Waals surface area contributed by atoms with Crippen LogP contribution in [0.15, 0.2) is 52.8 Å². The smallest absolute Gasteiger partial charge is 0.290 e. The average Bonchev–Trinajstić information content (AvgIpc) is 3.34. The van der Waals surface area contributed by atoms with Gasteiger partial charge >= 0.3 is 0 Å². The molecular formula is C19H23N5O3. The number of nitrogens with one attached hydrogen (secondary N) is 3. The predicted molar refractivity (Wildman–Crippen MR) is 98.9 cm³/mol. The van der Waals surface area contributed by atoms with E-state index in [-0.39, 0.29) is 23.8 Å². The Morgan fingerprint density at radius 3 is 2.89 bits per heavy atom. The Hall–Kier alpha value is -2.84. The van der Waals surface area contributed by atoms with Crippen LogP contribution in [0.3, 0.4) is 0 Å². The molecule has 8 heteroatoms. The minimum Gasteiger partial charge on any atom is -0.375 e. The highest BCUT2D eigenvalue weighted by atomic mass is 16.5. The lowest BCUT2D eigenvalue weighted by Gasteiger charge is -2.43. The van der Waals surface area contributed by atoms with Crippen LogP contribution in [0.25, 0.3) is 11.3 Å². The van der Waals surface area contributed by atoms with Gasteiger partial charge in [0.05, 0.1) is 17.8 Å². The second kappa shape index (κ2) is 7.42. The maximum Gasteiger partial charge on any atom is 0.290 e. The second-order valence-corrected chi connectivity index (χ2v) is 6.81. The van der Waals surface area contributed by atoms with E-state index in [0.717, 1.165) is 24.1 Å². The van der Waals surface area contributed by atoms with Crippen LogP contribution in [0.1, 0.15) is 30.3 Å². The molecule has 1 saturated carbocycles. The topological polar surface area (TPSA) is 91.7 Å². The summed E-state index contributed by atoms with van der Waals surface area (Å²) in [6.07, 6.45) is 3.58. The number of hydrogen-bond acceptors (Lipinski definition) is 7. The van der Waals surface area contributed by atoms with Gasteiger partial charge in [-0.05, 0) is 19.8 Å². The average molecular weight is 369 g/mol. The number of benzene rings is 1. The lowest BCUT2D eigenvalue weighted by atomic mass is 9.85. The van der Waals surface area contributed by atoms with E-state index in [2.05, 4.69) is 26.4 Å². The standard InChI is InChI=1S/C19H23N5O3/c1-12(26-2)17-11-20-23-24(17)15-8-14(9-15)21-19(25)18-10-16(22-27-18)13-6-4-3-5-7-13/h3-7,10-12,14-15,20,23H,8-9H2,1-2H3,(H,21,25)/t12-,14?,15?/m1/s1. The fourth-order valence-electron chi connectivity index (χ4n) is 3.35. The van der Waals surface area contributed by atoms with Gasteiger partial charge in [-0.15, -0.1) is 5.53 Å². The minimum atomic E-state index is -0.235. The highest BCUT2D eigenvalue weighted by Crippen LogP contribution is 2.30. The van der Waals surface area contributed by atoms with Crippen LogP contribution in [0.2, 0.25) is 0 Å². The maximum atomic E-state index is 12.4. The lowest BCUT2D eigenvalue weighted by Crippen LogP contribution is -2.57. The molecule has 142 valence electrons. The number of aromatic nitrogens is 1. The Bertz CT molecular complexity index is 829. The summed E-state index contributed by atoms with van der Waals surface area (Å²) in [6, 6.07) is 11.7. The highest BCUT2D eigenvalue weighted by Gasteiger charge is 2.38. The van der Waals surface area contributed by atoms with Gasteiger partial charge in [0.2, 0.25) is 5.76 Å². The number of methoxy groups -OCH3 is 1. The van der Waals surface area contributed by atoms with Gasteiger partial charge < -0.3 is 20.0 Å².